The predicted molar refractivity (Wildman–Crippen MR) is 131 cm³/mol. The van der Waals surface area contributed by atoms with E-state index in [1.807, 2.05) is 38.1 Å². The van der Waals surface area contributed by atoms with Gasteiger partial charge in [0.2, 0.25) is 5.91 Å². The van der Waals surface area contributed by atoms with Crippen LogP contribution in [-0.4, -0.2) is 52.7 Å². The molecule has 35 heavy (non-hydrogen) atoms. The Morgan fingerprint density at radius 1 is 1.03 bits per heavy atom. The Morgan fingerprint density at radius 3 is 2.23 bits per heavy atom. The van der Waals surface area contributed by atoms with Crippen LogP contribution in [0.25, 0.3) is 11.1 Å². The van der Waals surface area contributed by atoms with E-state index >= 15 is 0 Å². The maximum atomic E-state index is 13.2. The van der Waals surface area contributed by atoms with Gasteiger partial charge in [0.1, 0.15) is 6.61 Å². The molecule has 184 valence electrons. The van der Waals surface area contributed by atoms with Crippen molar-refractivity contribution in [1.29, 1.82) is 0 Å². The molecule has 1 aliphatic carbocycles. The van der Waals surface area contributed by atoms with Crippen LogP contribution in [0.3, 0.4) is 0 Å². The number of carbonyl (C=O) groups is 3. The third-order valence-electron chi connectivity index (χ3n) is 7.99. The zero-order valence-electron chi connectivity index (χ0n) is 20.1. The molecule has 2 amide bonds. The summed E-state index contributed by atoms with van der Waals surface area (Å²) in [7, 11) is 0. The normalized spacial score (nSPS) is 23.2. The van der Waals surface area contributed by atoms with E-state index in [4.69, 9.17) is 4.74 Å². The first kappa shape index (κ1) is 23.4. The number of fused-ring (bicyclic) bond motifs is 5. The first-order chi connectivity index (χ1) is 16.8. The summed E-state index contributed by atoms with van der Waals surface area (Å²) in [4.78, 5) is 39.3. The van der Waals surface area contributed by atoms with Gasteiger partial charge in [0.25, 0.3) is 0 Å². The van der Waals surface area contributed by atoms with Crippen molar-refractivity contribution in [2.24, 2.45) is 11.8 Å². The van der Waals surface area contributed by atoms with Gasteiger partial charge in [-0.15, -0.1) is 0 Å². The number of amides is 2. The summed E-state index contributed by atoms with van der Waals surface area (Å²) in [6.07, 6.45) is 1.72. The highest BCUT2D eigenvalue weighted by Gasteiger charge is 2.51. The molecule has 7 nitrogen and oxygen atoms in total. The van der Waals surface area contributed by atoms with Gasteiger partial charge in [-0.25, -0.2) is 4.79 Å². The minimum atomic E-state index is -0.827. The van der Waals surface area contributed by atoms with Gasteiger partial charge in [0.15, 0.2) is 0 Å². The lowest BCUT2D eigenvalue weighted by Crippen LogP contribution is -2.45. The topological polar surface area (TPSA) is 95.9 Å². The average Bonchev–Trinajstić information content (AvgIpc) is 3.52. The molecule has 2 aromatic rings. The molecule has 5 rings (SSSR count). The maximum absolute atomic E-state index is 13.2. The lowest BCUT2D eigenvalue weighted by atomic mass is 9.89. The number of hydrogen-bond donors (Lipinski definition) is 2. The summed E-state index contributed by atoms with van der Waals surface area (Å²) in [5.74, 6) is -1.40. The Kier molecular flexibility index (Phi) is 6.26. The molecule has 3 unspecified atom stereocenters. The molecule has 0 spiro atoms. The van der Waals surface area contributed by atoms with E-state index in [1.54, 1.807) is 4.90 Å². The summed E-state index contributed by atoms with van der Waals surface area (Å²) in [5, 5.41) is 12.4. The van der Waals surface area contributed by atoms with Crippen molar-refractivity contribution in [2.75, 3.05) is 6.61 Å². The van der Waals surface area contributed by atoms with Crippen LogP contribution in [0.15, 0.2) is 48.5 Å². The Labute approximate surface area is 205 Å². The van der Waals surface area contributed by atoms with E-state index in [1.165, 1.54) is 11.1 Å². The number of hydrogen-bond acceptors (Lipinski definition) is 4. The maximum Gasteiger partial charge on any atom is 0.407 e. The summed E-state index contributed by atoms with van der Waals surface area (Å²) >= 11 is 0. The molecule has 2 aliphatic heterocycles. The molecular formula is C28H32N2O5. The highest BCUT2D eigenvalue weighted by Crippen LogP contribution is 2.45. The van der Waals surface area contributed by atoms with Crippen LogP contribution in [0.4, 0.5) is 4.79 Å². The molecule has 2 saturated heterocycles. The zero-order chi connectivity index (χ0) is 24.7. The van der Waals surface area contributed by atoms with E-state index in [9.17, 15) is 19.5 Å². The number of carboxylic acid groups (broad SMARTS) is 1. The van der Waals surface area contributed by atoms with E-state index in [0.717, 1.165) is 24.0 Å². The van der Waals surface area contributed by atoms with Crippen LogP contribution in [0.2, 0.25) is 0 Å². The van der Waals surface area contributed by atoms with E-state index in [0.29, 0.717) is 6.42 Å². The molecule has 0 saturated carbocycles. The van der Waals surface area contributed by atoms with Crippen molar-refractivity contribution < 1.29 is 24.2 Å². The number of carbonyl (C=O) groups excluding carboxylic acids is 2. The number of benzene rings is 2. The van der Waals surface area contributed by atoms with E-state index in [2.05, 4.69) is 29.6 Å². The molecule has 2 N–H and O–H groups in total. The molecular weight excluding hydrogens is 444 g/mol. The summed E-state index contributed by atoms with van der Waals surface area (Å²) in [6, 6.07) is 15.7. The first-order valence-electron chi connectivity index (χ1n) is 12.5. The second-order valence-electron chi connectivity index (χ2n) is 10.3. The largest absolute Gasteiger partial charge is 0.481 e. The predicted octanol–water partition coefficient (Wildman–Crippen LogP) is 4.40. The summed E-state index contributed by atoms with van der Waals surface area (Å²) in [5.41, 5.74) is 4.63. The molecule has 2 aromatic carbocycles. The first-order valence-corrected chi connectivity index (χ1v) is 12.5. The van der Waals surface area contributed by atoms with Crippen LogP contribution >= 0.6 is 0 Å². The van der Waals surface area contributed by atoms with Gasteiger partial charge < -0.3 is 20.1 Å². The van der Waals surface area contributed by atoms with Crippen LogP contribution in [0.5, 0.6) is 0 Å². The molecule has 0 aromatic heterocycles. The van der Waals surface area contributed by atoms with Crippen molar-refractivity contribution in [1.82, 2.24) is 10.2 Å². The number of ether oxygens (including phenoxy) is 1. The van der Waals surface area contributed by atoms with Crippen molar-refractivity contribution in [3.05, 3.63) is 59.7 Å². The fourth-order valence-corrected chi connectivity index (χ4v) is 6.18. The number of nitrogens with zero attached hydrogens (tertiary/aromatic N) is 1. The van der Waals surface area contributed by atoms with Gasteiger partial charge in [-0.2, -0.15) is 0 Å². The Balaban J connectivity index is 1.21. The van der Waals surface area contributed by atoms with Crippen molar-refractivity contribution in [3.8, 4) is 11.1 Å². The Hall–Kier alpha value is -3.35. The van der Waals surface area contributed by atoms with Crippen LogP contribution in [0, 0.1) is 11.8 Å². The standard InChI is InChI=1S/C28H32N2O5/c1-16(2)24(14-26(31)30-17-11-12-25(30)22(13-17)27(32)33)29-28(34)35-15-23-20-9-5-3-7-18(20)19-8-4-6-10-21(19)23/h3-10,16-17,22-25H,11-15H2,1-2H3,(H,29,34)(H,32,33)/t17?,22?,24-,25?/m0/s1. The SMILES string of the molecule is CC(C)[C@H](CC(=O)N1C2CCC1C(C(=O)O)C2)NC(=O)OCC1c2ccccc2-c2ccccc21. The molecule has 4 atom stereocenters. The second kappa shape index (κ2) is 9.36. The Morgan fingerprint density at radius 2 is 1.66 bits per heavy atom. The third kappa shape index (κ3) is 4.28. The highest BCUT2D eigenvalue weighted by atomic mass is 16.5. The molecule has 7 heteroatoms. The number of alkyl carbamates (subject to hydrolysis) is 1. The van der Waals surface area contributed by atoms with Gasteiger partial charge in [0.05, 0.1) is 5.92 Å². The van der Waals surface area contributed by atoms with Gasteiger partial charge in [-0.3, -0.25) is 9.59 Å². The number of aliphatic carboxylic acids is 1. The van der Waals surface area contributed by atoms with Crippen LogP contribution in [0.1, 0.15) is 56.6 Å². The minimum Gasteiger partial charge on any atom is -0.481 e. The summed E-state index contributed by atoms with van der Waals surface area (Å²) < 4.78 is 5.68. The van der Waals surface area contributed by atoms with Crippen molar-refractivity contribution in [3.63, 3.8) is 0 Å². The van der Waals surface area contributed by atoms with Gasteiger partial charge in [-0.05, 0) is 47.4 Å². The highest BCUT2D eigenvalue weighted by molar-refractivity contribution is 5.82. The molecule has 2 bridgehead atoms. The monoisotopic (exact) mass is 476 g/mol. The smallest absolute Gasteiger partial charge is 0.407 e. The van der Waals surface area contributed by atoms with Gasteiger partial charge in [0, 0.05) is 30.5 Å². The lowest BCUT2D eigenvalue weighted by molar-refractivity contribution is -0.143. The quantitative estimate of drug-likeness (QED) is 0.617. The fourth-order valence-electron chi connectivity index (χ4n) is 6.18. The molecule has 3 aliphatic rings. The number of carboxylic acids is 1. The van der Waals surface area contributed by atoms with Crippen molar-refractivity contribution in [2.45, 2.75) is 63.6 Å². The Bertz CT molecular complexity index is 1100. The molecule has 2 heterocycles. The molecule has 0 radical (unpaired) electrons. The number of nitrogens with one attached hydrogen (secondary N) is 1. The summed E-state index contributed by atoms with van der Waals surface area (Å²) in [6.45, 7) is 4.13. The van der Waals surface area contributed by atoms with E-state index < -0.39 is 18.0 Å². The third-order valence-corrected chi connectivity index (χ3v) is 7.99. The van der Waals surface area contributed by atoms with Crippen LogP contribution < -0.4 is 5.32 Å². The van der Waals surface area contributed by atoms with Crippen molar-refractivity contribution >= 4 is 18.0 Å². The van der Waals surface area contributed by atoms with Gasteiger partial charge >= 0.3 is 12.1 Å². The van der Waals surface area contributed by atoms with Crippen LogP contribution in [-0.2, 0) is 14.3 Å². The molecule has 2 fully saturated rings. The zero-order valence-corrected chi connectivity index (χ0v) is 20.1. The second-order valence-corrected chi connectivity index (χ2v) is 10.3. The van der Waals surface area contributed by atoms with E-state index in [-0.39, 0.29) is 48.9 Å². The lowest BCUT2D eigenvalue weighted by Gasteiger charge is -2.28. The minimum absolute atomic E-state index is 0.00383. The number of rotatable bonds is 7. The fraction of sp³-hybridized carbons (Fsp3) is 0.464. The average molecular weight is 477 g/mol. The van der Waals surface area contributed by atoms with Gasteiger partial charge in [-0.1, -0.05) is 62.4 Å².